The maximum absolute atomic E-state index is 11.1. The summed E-state index contributed by atoms with van der Waals surface area (Å²) in [6.07, 6.45) is 2.32. The van der Waals surface area contributed by atoms with Gasteiger partial charge in [0, 0.05) is 6.54 Å². The molecule has 0 unspecified atom stereocenters. The number of ether oxygens (including phenoxy) is 1. The van der Waals surface area contributed by atoms with Crippen LogP contribution in [-0.4, -0.2) is 26.0 Å². The van der Waals surface area contributed by atoms with Crippen molar-refractivity contribution in [3.05, 3.63) is 35.4 Å². The van der Waals surface area contributed by atoms with Crippen LogP contribution in [-0.2, 0) is 16.0 Å². The van der Waals surface area contributed by atoms with Crippen molar-refractivity contribution in [1.29, 1.82) is 0 Å². The lowest BCUT2D eigenvalue weighted by molar-refractivity contribution is 0.0600. The molecule has 1 aromatic carbocycles. The molecule has 1 N–H and O–H groups in total. The molecule has 1 rings (SSSR count). The van der Waals surface area contributed by atoms with Crippen LogP contribution in [0.2, 0.25) is 0 Å². The first kappa shape index (κ1) is 11.2. The fourth-order valence-electron chi connectivity index (χ4n) is 1.18. The fraction of sp³-hybridized carbons (Fsp3) is 0.273. The van der Waals surface area contributed by atoms with Crippen molar-refractivity contribution in [2.24, 2.45) is 0 Å². The van der Waals surface area contributed by atoms with E-state index in [4.69, 9.17) is 0 Å². The van der Waals surface area contributed by atoms with E-state index in [1.807, 2.05) is 12.1 Å². The second kappa shape index (κ2) is 5.80. The van der Waals surface area contributed by atoms with E-state index >= 15 is 0 Å². The normalized spacial score (nSPS) is 9.40. The molecule has 0 saturated carbocycles. The molecule has 0 spiro atoms. The largest absolute Gasteiger partial charge is 0.465 e. The average Bonchev–Trinajstić information content (AvgIpc) is 2.29. The molecule has 0 aliphatic carbocycles. The van der Waals surface area contributed by atoms with Gasteiger partial charge in [-0.1, -0.05) is 12.1 Å². The zero-order valence-electron chi connectivity index (χ0n) is 8.45. The van der Waals surface area contributed by atoms with Crippen LogP contribution in [0.3, 0.4) is 0 Å². The van der Waals surface area contributed by atoms with Gasteiger partial charge in [0.2, 0.25) is 0 Å². The molecule has 79 valence electrons. The van der Waals surface area contributed by atoms with E-state index in [1.165, 1.54) is 7.11 Å². The van der Waals surface area contributed by atoms with Gasteiger partial charge in [0.1, 0.15) is 0 Å². The number of esters is 1. The van der Waals surface area contributed by atoms with E-state index < -0.39 is 0 Å². The molecule has 0 saturated heterocycles. The highest BCUT2D eigenvalue weighted by molar-refractivity contribution is 5.89. The summed E-state index contributed by atoms with van der Waals surface area (Å²) in [5, 5.41) is 2.45. The third kappa shape index (κ3) is 3.42. The quantitative estimate of drug-likeness (QED) is 0.437. The Balaban J connectivity index is 2.56. The number of hydrogen-bond donors (Lipinski definition) is 1. The van der Waals surface area contributed by atoms with Crippen molar-refractivity contribution in [1.82, 2.24) is 5.32 Å². The third-order valence-electron chi connectivity index (χ3n) is 1.99. The van der Waals surface area contributed by atoms with Crippen LogP contribution in [0.1, 0.15) is 15.9 Å². The zero-order chi connectivity index (χ0) is 11.1. The van der Waals surface area contributed by atoms with Gasteiger partial charge < -0.3 is 10.1 Å². The van der Waals surface area contributed by atoms with Crippen LogP contribution >= 0.6 is 0 Å². The molecule has 0 bridgehead atoms. The molecule has 15 heavy (non-hydrogen) atoms. The highest BCUT2D eigenvalue weighted by Crippen LogP contribution is 2.05. The standard InChI is InChI=1S/C11H12NO3/c1-15-11(14)10-4-2-9(3-5-10)6-7-12-8-13/h2-5H,6-7H2,1H3,(H,12,13). The number of methoxy groups -OCH3 is 1. The minimum absolute atomic E-state index is 0.346. The Labute approximate surface area is 88.2 Å². The average molecular weight is 206 g/mol. The molecular weight excluding hydrogens is 194 g/mol. The molecule has 0 aliphatic heterocycles. The minimum atomic E-state index is -0.346. The van der Waals surface area contributed by atoms with Gasteiger partial charge in [-0.15, -0.1) is 0 Å². The zero-order valence-corrected chi connectivity index (χ0v) is 8.45. The van der Waals surface area contributed by atoms with Crippen molar-refractivity contribution >= 4 is 12.4 Å². The minimum Gasteiger partial charge on any atom is -0.465 e. The van der Waals surface area contributed by atoms with Crippen molar-refractivity contribution in [2.75, 3.05) is 13.7 Å². The summed E-state index contributed by atoms with van der Waals surface area (Å²) in [6, 6.07) is 7.06. The summed E-state index contributed by atoms with van der Waals surface area (Å²) < 4.78 is 4.57. The molecule has 0 heterocycles. The maximum atomic E-state index is 11.1. The summed E-state index contributed by atoms with van der Waals surface area (Å²) >= 11 is 0. The monoisotopic (exact) mass is 206 g/mol. The smallest absolute Gasteiger partial charge is 0.337 e. The maximum Gasteiger partial charge on any atom is 0.337 e. The number of carbonyl (C=O) groups is 1. The molecule has 1 radical (unpaired) electrons. The van der Waals surface area contributed by atoms with Gasteiger partial charge in [0.25, 0.3) is 0 Å². The Hall–Kier alpha value is -1.84. The summed E-state index contributed by atoms with van der Waals surface area (Å²) in [6.45, 7) is 0.543. The van der Waals surface area contributed by atoms with Gasteiger partial charge in [0.15, 0.2) is 0 Å². The highest BCUT2D eigenvalue weighted by Gasteiger charge is 2.03. The SMILES string of the molecule is COC(=O)c1ccc(CCN[C]=O)cc1. The topological polar surface area (TPSA) is 55.4 Å². The lowest BCUT2D eigenvalue weighted by atomic mass is 10.1. The molecule has 4 nitrogen and oxygen atoms in total. The van der Waals surface area contributed by atoms with Crippen LogP contribution in [0, 0.1) is 0 Å². The molecule has 0 aliphatic rings. The number of benzene rings is 1. The van der Waals surface area contributed by atoms with Gasteiger partial charge in [-0.3, -0.25) is 4.79 Å². The highest BCUT2D eigenvalue weighted by atomic mass is 16.5. The van der Waals surface area contributed by atoms with Gasteiger partial charge in [-0.2, -0.15) is 0 Å². The van der Waals surface area contributed by atoms with E-state index in [0.717, 1.165) is 12.0 Å². The van der Waals surface area contributed by atoms with E-state index in [1.54, 1.807) is 18.5 Å². The van der Waals surface area contributed by atoms with E-state index in [0.29, 0.717) is 12.1 Å². The lowest BCUT2D eigenvalue weighted by Crippen LogP contribution is -2.14. The van der Waals surface area contributed by atoms with Gasteiger partial charge in [-0.05, 0) is 24.1 Å². The Morgan fingerprint density at radius 2 is 2.07 bits per heavy atom. The van der Waals surface area contributed by atoms with Gasteiger partial charge >= 0.3 is 12.4 Å². The molecule has 0 fully saturated rings. The summed E-state index contributed by atoms with van der Waals surface area (Å²) in [5.41, 5.74) is 1.57. The van der Waals surface area contributed by atoms with Crippen molar-refractivity contribution in [2.45, 2.75) is 6.42 Å². The number of carbonyl (C=O) groups excluding carboxylic acids is 2. The number of nitrogens with one attached hydrogen (secondary N) is 1. The van der Waals surface area contributed by atoms with Crippen LogP contribution in [0.25, 0.3) is 0 Å². The van der Waals surface area contributed by atoms with Crippen LogP contribution in [0.5, 0.6) is 0 Å². The van der Waals surface area contributed by atoms with Gasteiger partial charge in [-0.25, -0.2) is 4.79 Å². The number of rotatable bonds is 5. The van der Waals surface area contributed by atoms with Crippen molar-refractivity contribution < 1.29 is 14.3 Å². The second-order valence-electron chi connectivity index (χ2n) is 2.97. The van der Waals surface area contributed by atoms with Gasteiger partial charge in [0.05, 0.1) is 12.7 Å². The van der Waals surface area contributed by atoms with Crippen LogP contribution in [0.4, 0.5) is 0 Å². The molecule has 1 aromatic rings. The molecule has 1 amide bonds. The van der Waals surface area contributed by atoms with Crippen molar-refractivity contribution in [3.8, 4) is 0 Å². The first-order chi connectivity index (χ1) is 7.27. The molecule has 0 atom stereocenters. The Bertz CT molecular complexity index is 332. The van der Waals surface area contributed by atoms with E-state index in [-0.39, 0.29) is 5.97 Å². The second-order valence-corrected chi connectivity index (χ2v) is 2.97. The van der Waals surface area contributed by atoms with E-state index in [2.05, 4.69) is 10.1 Å². The first-order valence-electron chi connectivity index (χ1n) is 4.55. The molecule has 4 heteroatoms. The van der Waals surface area contributed by atoms with Crippen molar-refractivity contribution in [3.63, 3.8) is 0 Å². The fourth-order valence-corrected chi connectivity index (χ4v) is 1.18. The van der Waals surface area contributed by atoms with Crippen LogP contribution in [0.15, 0.2) is 24.3 Å². The van der Waals surface area contributed by atoms with E-state index in [9.17, 15) is 9.59 Å². The lowest BCUT2D eigenvalue weighted by Gasteiger charge is -2.02. The summed E-state index contributed by atoms with van der Waals surface area (Å²) in [4.78, 5) is 21.0. The Morgan fingerprint density at radius 1 is 1.40 bits per heavy atom. The van der Waals surface area contributed by atoms with Crippen LogP contribution < -0.4 is 5.32 Å². The first-order valence-corrected chi connectivity index (χ1v) is 4.55. The number of amides is 1. The summed E-state index contributed by atoms with van der Waals surface area (Å²) in [7, 11) is 1.35. The Morgan fingerprint density at radius 3 is 2.60 bits per heavy atom. The third-order valence-corrected chi connectivity index (χ3v) is 1.99. The summed E-state index contributed by atoms with van der Waals surface area (Å²) in [5.74, 6) is -0.346. The number of hydrogen-bond acceptors (Lipinski definition) is 3. The predicted molar refractivity (Wildman–Crippen MR) is 55.2 cm³/mol. The molecule has 0 aromatic heterocycles. The predicted octanol–water partition coefficient (Wildman–Crippen LogP) is 0.672. The molecular formula is C11H12NO3. The Kier molecular flexibility index (Phi) is 4.34.